The van der Waals surface area contributed by atoms with Gasteiger partial charge in [0.25, 0.3) is 5.56 Å². The molecule has 0 aliphatic carbocycles. The van der Waals surface area contributed by atoms with Crippen molar-refractivity contribution in [2.24, 2.45) is 14.1 Å². The standard InChI is InChI=1S/C16H16FIN2O4/c1-4-24-15(22)13-12(19(2)16(23)20(3)14(13)21)7-9-5-6-10(18)8-11(9)17/h5-6,8H,4,7H2,1-3H3. The molecule has 0 saturated heterocycles. The van der Waals surface area contributed by atoms with Crippen molar-refractivity contribution in [3.63, 3.8) is 0 Å². The first-order chi connectivity index (χ1) is 11.3. The first-order valence-electron chi connectivity index (χ1n) is 7.17. The fourth-order valence-electron chi connectivity index (χ4n) is 2.35. The van der Waals surface area contributed by atoms with E-state index in [1.807, 2.05) is 22.6 Å². The maximum atomic E-state index is 14.1. The largest absolute Gasteiger partial charge is 0.462 e. The molecular formula is C16H16FIN2O4. The van der Waals surface area contributed by atoms with E-state index in [0.29, 0.717) is 0 Å². The lowest BCUT2D eigenvalue weighted by Crippen LogP contribution is -2.42. The molecule has 128 valence electrons. The minimum atomic E-state index is -0.824. The highest BCUT2D eigenvalue weighted by atomic mass is 127. The van der Waals surface area contributed by atoms with Gasteiger partial charge < -0.3 is 4.74 Å². The number of nitrogens with zero attached hydrogens (tertiary/aromatic N) is 2. The molecule has 0 saturated carbocycles. The maximum absolute atomic E-state index is 14.1. The van der Waals surface area contributed by atoms with Crippen molar-refractivity contribution >= 4 is 28.6 Å². The Labute approximate surface area is 151 Å². The average Bonchev–Trinajstić information content (AvgIpc) is 2.53. The van der Waals surface area contributed by atoms with E-state index in [-0.39, 0.29) is 29.8 Å². The number of hydrogen-bond donors (Lipinski definition) is 0. The Hall–Kier alpha value is -1.97. The second-order valence-corrected chi connectivity index (χ2v) is 6.41. The van der Waals surface area contributed by atoms with Crippen LogP contribution in [0, 0.1) is 9.39 Å². The summed E-state index contributed by atoms with van der Waals surface area (Å²) in [5.74, 6) is -1.29. The quantitative estimate of drug-likeness (QED) is 0.529. The summed E-state index contributed by atoms with van der Waals surface area (Å²) in [4.78, 5) is 36.7. The van der Waals surface area contributed by atoms with Gasteiger partial charge in [0.15, 0.2) is 0 Å². The molecule has 2 aromatic rings. The first kappa shape index (κ1) is 18.4. The summed E-state index contributed by atoms with van der Waals surface area (Å²) >= 11 is 1.98. The van der Waals surface area contributed by atoms with Crippen LogP contribution in [0.2, 0.25) is 0 Å². The smallest absolute Gasteiger partial charge is 0.345 e. The molecule has 1 heterocycles. The van der Waals surface area contributed by atoms with Gasteiger partial charge in [0.2, 0.25) is 0 Å². The molecule has 24 heavy (non-hydrogen) atoms. The lowest BCUT2D eigenvalue weighted by molar-refractivity contribution is 0.0520. The van der Waals surface area contributed by atoms with Gasteiger partial charge in [-0.15, -0.1) is 0 Å². The number of aromatic nitrogens is 2. The van der Waals surface area contributed by atoms with Crippen LogP contribution in [0.5, 0.6) is 0 Å². The van der Waals surface area contributed by atoms with Crippen LogP contribution in [-0.2, 0) is 25.3 Å². The Morgan fingerprint density at radius 2 is 1.92 bits per heavy atom. The van der Waals surface area contributed by atoms with E-state index in [2.05, 4.69) is 0 Å². The Morgan fingerprint density at radius 1 is 1.25 bits per heavy atom. The summed E-state index contributed by atoms with van der Waals surface area (Å²) in [6.07, 6.45) is -0.0707. The monoisotopic (exact) mass is 446 g/mol. The van der Waals surface area contributed by atoms with Gasteiger partial charge in [-0.3, -0.25) is 13.9 Å². The highest BCUT2D eigenvalue weighted by Crippen LogP contribution is 2.17. The molecule has 2 rings (SSSR count). The Morgan fingerprint density at radius 3 is 2.50 bits per heavy atom. The van der Waals surface area contributed by atoms with E-state index in [4.69, 9.17) is 4.74 Å². The first-order valence-corrected chi connectivity index (χ1v) is 8.25. The van der Waals surface area contributed by atoms with Crippen LogP contribution in [0.15, 0.2) is 27.8 Å². The normalized spacial score (nSPS) is 10.7. The molecule has 6 nitrogen and oxygen atoms in total. The van der Waals surface area contributed by atoms with Crippen molar-refractivity contribution in [3.05, 3.63) is 65.2 Å². The molecule has 1 aromatic heterocycles. The maximum Gasteiger partial charge on any atom is 0.345 e. The van der Waals surface area contributed by atoms with Gasteiger partial charge in [0, 0.05) is 29.8 Å². The number of halogens is 2. The Kier molecular flexibility index (Phi) is 5.58. The summed E-state index contributed by atoms with van der Waals surface area (Å²) in [5.41, 5.74) is -1.18. The van der Waals surface area contributed by atoms with Crippen LogP contribution in [0.1, 0.15) is 28.5 Å². The van der Waals surface area contributed by atoms with Crippen LogP contribution in [-0.4, -0.2) is 21.7 Å². The number of benzene rings is 1. The van der Waals surface area contributed by atoms with Crippen LogP contribution >= 0.6 is 22.6 Å². The third kappa shape index (κ3) is 3.42. The van der Waals surface area contributed by atoms with E-state index in [0.717, 1.165) is 8.14 Å². The second kappa shape index (κ2) is 7.29. The SMILES string of the molecule is CCOC(=O)c1c(Cc2ccc(I)cc2F)n(C)c(=O)n(C)c1=O. The summed E-state index contributed by atoms with van der Waals surface area (Å²) in [6.45, 7) is 1.70. The number of hydrogen-bond acceptors (Lipinski definition) is 4. The van der Waals surface area contributed by atoms with Crippen LogP contribution < -0.4 is 11.2 Å². The minimum absolute atomic E-state index is 0.0707. The molecule has 0 aliphatic rings. The van der Waals surface area contributed by atoms with Gasteiger partial charge in [-0.1, -0.05) is 6.07 Å². The van der Waals surface area contributed by atoms with E-state index in [1.54, 1.807) is 19.1 Å². The predicted molar refractivity (Wildman–Crippen MR) is 94.8 cm³/mol. The van der Waals surface area contributed by atoms with Gasteiger partial charge in [0.05, 0.1) is 6.61 Å². The average molecular weight is 446 g/mol. The molecule has 0 aliphatic heterocycles. The molecule has 0 bridgehead atoms. The second-order valence-electron chi connectivity index (χ2n) is 5.16. The molecular weight excluding hydrogens is 430 g/mol. The van der Waals surface area contributed by atoms with Gasteiger partial charge in [-0.2, -0.15) is 0 Å². The fourth-order valence-corrected chi connectivity index (χ4v) is 2.80. The van der Waals surface area contributed by atoms with Gasteiger partial charge in [-0.25, -0.2) is 14.0 Å². The van der Waals surface area contributed by atoms with Crippen LogP contribution in [0.3, 0.4) is 0 Å². The molecule has 1 aromatic carbocycles. The zero-order chi connectivity index (χ0) is 18.0. The lowest BCUT2D eigenvalue weighted by Gasteiger charge is -2.15. The highest BCUT2D eigenvalue weighted by molar-refractivity contribution is 14.1. The van der Waals surface area contributed by atoms with Crippen molar-refractivity contribution in [3.8, 4) is 0 Å². The summed E-state index contributed by atoms with van der Waals surface area (Å²) in [7, 11) is 2.72. The van der Waals surface area contributed by atoms with Gasteiger partial charge in [0.1, 0.15) is 11.4 Å². The fraction of sp³-hybridized carbons (Fsp3) is 0.312. The summed E-state index contributed by atoms with van der Waals surface area (Å²) in [5, 5.41) is 0. The van der Waals surface area contributed by atoms with Crippen molar-refractivity contribution < 1.29 is 13.9 Å². The molecule has 0 N–H and O–H groups in total. The van der Waals surface area contributed by atoms with Crippen LogP contribution in [0.4, 0.5) is 4.39 Å². The Balaban J connectivity index is 2.69. The molecule has 0 amide bonds. The summed E-state index contributed by atoms with van der Waals surface area (Å²) in [6, 6.07) is 4.62. The number of rotatable bonds is 4. The summed E-state index contributed by atoms with van der Waals surface area (Å²) < 4.78 is 21.8. The molecule has 0 unspecified atom stereocenters. The minimum Gasteiger partial charge on any atom is -0.462 e. The van der Waals surface area contributed by atoms with Gasteiger partial charge in [-0.05, 0) is 47.2 Å². The van der Waals surface area contributed by atoms with Crippen molar-refractivity contribution in [1.29, 1.82) is 0 Å². The highest BCUT2D eigenvalue weighted by Gasteiger charge is 2.23. The molecule has 0 fully saturated rings. The Bertz CT molecular complexity index is 918. The van der Waals surface area contributed by atoms with Crippen molar-refractivity contribution in [1.82, 2.24) is 9.13 Å². The zero-order valence-corrected chi connectivity index (χ0v) is 15.6. The van der Waals surface area contributed by atoms with E-state index in [1.165, 1.54) is 24.7 Å². The van der Waals surface area contributed by atoms with Crippen molar-refractivity contribution in [2.45, 2.75) is 13.3 Å². The number of esters is 1. The molecule has 8 heteroatoms. The molecule has 0 spiro atoms. The lowest BCUT2D eigenvalue weighted by atomic mass is 10.0. The zero-order valence-electron chi connectivity index (χ0n) is 13.4. The number of carbonyl (C=O) groups is 1. The van der Waals surface area contributed by atoms with Crippen molar-refractivity contribution in [2.75, 3.05) is 6.61 Å². The molecule has 0 radical (unpaired) electrons. The molecule has 0 atom stereocenters. The third-order valence-electron chi connectivity index (χ3n) is 3.64. The number of carbonyl (C=O) groups excluding carboxylic acids is 1. The topological polar surface area (TPSA) is 70.3 Å². The van der Waals surface area contributed by atoms with E-state index in [9.17, 15) is 18.8 Å². The third-order valence-corrected chi connectivity index (χ3v) is 4.31. The predicted octanol–water partition coefficient (Wildman–Crippen LogP) is 1.60. The van der Waals surface area contributed by atoms with E-state index < -0.39 is 23.0 Å². The van der Waals surface area contributed by atoms with E-state index >= 15 is 0 Å². The van der Waals surface area contributed by atoms with Gasteiger partial charge >= 0.3 is 11.7 Å². The number of ether oxygens (including phenoxy) is 1. The van der Waals surface area contributed by atoms with Crippen LogP contribution in [0.25, 0.3) is 0 Å².